The summed E-state index contributed by atoms with van der Waals surface area (Å²) in [5, 5.41) is 3.05. The van der Waals surface area contributed by atoms with Gasteiger partial charge in [0.25, 0.3) is 0 Å². The highest BCUT2D eigenvalue weighted by Crippen LogP contribution is 2.47. The molecule has 0 aromatic carbocycles. The predicted octanol–water partition coefficient (Wildman–Crippen LogP) is 3.36. The Kier molecular flexibility index (Phi) is 4.51. The molecule has 2 aliphatic rings. The molecule has 0 saturated heterocycles. The quantitative estimate of drug-likeness (QED) is 0.748. The molecule has 134 valence electrons. The topological polar surface area (TPSA) is 63.3 Å². The Bertz CT molecular complexity index is 705. The third-order valence-electron chi connectivity index (χ3n) is 5.16. The SMILES string of the molecule is C[C@H]1C[C@@H]1c1ccc(CN(C(=O)NCCCn2ccnc2)C2CC2)o1. The second-order valence-electron chi connectivity index (χ2n) is 7.37. The highest BCUT2D eigenvalue weighted by atomic mass is 16.3. The Morgan fingerprint density at radius 3 is 2.96 bits per heavy atom. The fourth-order valence-corrected chi connectivity index (χ4v) is 3.30. The molecule has 0 aliphatic heterocycles. The minimum absolute atomic E-state index is 0.0193. The number of aromatic nitrogens is 2. The van der Waals surface area contributed by atoms with Gasteiger partial charge in [-0.05, 0) is 43.7 Å². The second kappa shape index (κ2) is 6.94. The van der Waals surface area contributed by atoms with E-state index in [1.54, 1.807) is 12.5 Å². The van der Waals surface area contributed by atoms with Gasteiger partial charge < -0.3 is 19.2 Å². The molecule has 0 radical (unpaired) electrons. The number of carbonyl (C=O) groups is 1. The molecular weight excluding hydrogens is 316 g/mol. The fraction of sp³-hybridized carbons (Fsp3) is 0.579. The van der Waals surface area contributed by atoms with Crippen molar-refractivity contribution in [1.29, 1.82) is 0 Å². The maximum absolute atomic E-state index is 12.5. The van der Waals surface area contributed by atoms with E-state index in [0.29, 0.717) is 25.0 Å². The number of urea groups is 1. The van der Waals surface area contributed by atoms with Crippen LogP contribution in [0.1, 0.15) is 50.0 Å². The standard InChI is InChI=1S/C19H26N4O2/c1-14-11-17(14)18-6-5-16(25-18)12-23(15-3-4-15)19(24)21-7-2-9-22-10-8-20-13-22/h5-6,8,10,13-15,17H,2-4,7,9,11-12H2,1H3,(H,21,24)/t14-,17-/m0/s1. The van der Waals surface area contributed by atoms with Crippen LogP contribution in [0.25, 0.3) is 0 Å². The lowest BCUT2D eigenvalue weighted by Crippen LogP contribution is -2.41. The molecule has 2 aromatic heterocycles. The normalized spacial score (nSPS) is 22.0. The van der Waals surface area contributed by atoms with Gasteiger partial charge in [0.2, 0.25) is 0 Å². The van der Waals surface area contributed by atoms with Gasteiger partial charge in [0.05, 0.1) is 12.9 Å². The number of aryl methyl sites for hydroxylation is 1. The van der Waals surface area contributed by atoms with E-state index in [9.17, 15) is 4.79 Å². The van der Waals surface area contributed by atoms with Crippen molar-refractivity contribution in [2.45, 2.75) is 57.7 Å². The summed E-state index contributed by atoms with van der Waals surface area (Å²) in [7, 11) is 0. The first-order valence-corrected chi connectivity index (χ1v) is 9.29. The average Bonchev–Trinajstić information content (AvgIpc) is 3.46. The van der Waals surface area contributed by atoms with Gasteiger partial charge in [0.15, 0.2) is 0 Å². The Morgan fingerprint density at radius 2 is 2.28 bits per heavy atom. The summed E-state index contributed by atoms with van der Waals surface area (Å²) in [6, 6.07) is 4.49. The predicted molar refractivity (Wildman–Crippen MR) is 94.0 cm³/mol. The number of hydrogen-bond acceptors (Lipinski definition) is 3. The molecule has 2 aromatic rings. The number of nitrogens with zero attached hydrogens (tertiary/aromatic N) is 3. The lowest BCUT2D eigenvalue weighted by atomic mass is 10.3. The van der Waals surface area contributed by atoms with Gasteiger partial charge in [-0.3, -0.25) is 0 Å². The van der Waals surface area contributed by atoms with Crippen molar-refractivity contribution in [3.05, 3.63) is 42.4 Å². The van der Waals surface area contributed by atoms with Crippen LogP contribution in [-0.2, 0) is 13.1 Å². The van der Waals surface area contributed by atoms with Gasteiger partial charge in [-0.15, -0.1) is 0 Å². The van der Waals surface area contributed by atoms with Crippen LogP contribution in [0, 0.1) is 5.92 Å². The first-order chi connectivity index (χ1) is 12.2. The van der Waals surface area contributed by atoms with Gasteiger partial charge >= 0.3 is 6.03 Å². The van der Waals surface area contributed by atoms with E-state index < -0.39 is 0 Å². The second-order valence-corrected chi connectivity index (χ2v) is 7.37. The number of carbonyl (C=O) groups excluding carboxylic acids is 1. The molecule has 25 heavy (non-hydrogen) atoms. The molecule has 6 heteroatoms. The molecule has 2 aliphatic carbocycles. The van der Waals surface area contributed by atoms with Gasteiger partial charge in [-0.1, -0.05) is 6.92 Å². The highest BCUT2D eigenvalue weighted by Gasteiger charge is 2.37. The number of nitrogens with one attached hydrogen (secondary N) is 1. The Labute approximate surface area is 148 Å². The fourth-order valence-electron chi connectivity index (χ4n) is 3.30. The maximum atomic E-state index is 12.5. The number of amides is 2. The van der Waals surface area contributed by atoms with Crippen LogP contribution in [0.5, 0.6) is 0 Å². The Morgan fingerprint density at radius 1 is 1.44 bits per heavy atom. The first kappa shape index (κ1) is 16.2. The van der Waals surface area contributed by atoms with Gasteiger partial charge in [0, 0.05) is 37.4 Å². The Balaban J connectivity index is 1.27. The van der Waals surface area contributed by atoms with Crippen LogP contribution >= 0.6 is 0 Å². The zero-order chi connectivity index (χ0) is 17.2. The zero-order valence-corrected chi connectivity index (χ0v) is 14.7. The molecule has 0 unspecified atom stereocenters. The van der Waals surface area contributed by atoms with Gasteiger partial charge in [0.1, 0.15) is 11.5 Å². The van der Waals surface area contributed by atoms with Crippen LogP contribution in [-0.4, -0.2) is 33.1 Å². The molecule has 2 saturated carbocycles. The lowest BCUT2D eigenvalue weighted by Gasteiger charge is -2.21. The van der Waals surface area contributed by atoms with Crippen molar-refractivity contribution in [2.75, 3.05) is 6.54 Å². The summed E-state index contributed by atoms with van der Waals surface area (Å²) in [4.78, 5) is 18.5. The average molecular weight is 342 g/mol. The number of imidazole rings is 1. The highest BCUT2D eigenvalue weighted by molar-refractivity contribution is 5.74. The molecule has 2 heterocycles. The summed E-state index contributed by atoms with van der Waals surface area (Å²) in [5.74, 6) is 3.30. The van der Waals surface area contributed by atoms with Crippen molar-refractivity contribution < 1.29 is 9.21 Å². The monoisotopic (exact) mass is 342 g/mol. The van der Waals surface area contributed by atoms with Gasteiger partial charge in [-0.25, -0.2) is 9.78 Å². The van der Waals surface area contributed by atoms with Crippen molar-refractivity contribution >= 4 is 6.03 Å². The van der Waals surface area contributed by atoms with E-state index >= 15 is 0 Å². The number of hydrogen-bond donors (Lipinski definition) is 1. The summed E-state index contributed by atoms with van der Waals surface area (Å²) in [5.41, 5.74) is 0. The summed E-state index contributed by atoms with van der Waals surface area (Å²) < 4.78 is 8.00. The van der Waals surface area contributed by atoms with Crippen molar-refractivity contribution in [3.63, 3.8) is 0 Å². The number of furan rings is 1. The maximum Gasteiger partial charge on any atom is 0.318 e. The van der Waals surface area contributed by atoms with E-state index in [-0.39, 0.29) is 6.03 Å². The molecule has 2 fully saturated rings. The van der Waals surface area contributed by atoms with Crippen LogP contribution in [0.4, 0.5) is 4.79 Å². The molecule has 0 bridgehead atoms. The third-order valence-corrected chi connectivity index (χ3v) is 5.16. The first-order valence-electron chi connectivity index (χ1n) is 9.29. The van der Waals surface area contributed by atoms with Crippen molar-refractivity contribution in [1.82, 2.24) is 19.8 Å². The Hall–Kier alpha value is -2.24. The van der Waals surface area contributed by atoms with Crippen LogP contribution in [0.15, 0.2) is 35.3 Å². The summed E-state index contributed by atoms with van der Waals surface area (Å²) in [6.45, 7) is 4.35. The van der Waals surface area contributed by atoms with Crippen molar-refractivity contribution in [3.8, 4) is 0 Å². The van der Waals surface area contributed by atoms with Crippen LogP contribution in [0.2, 0.25) is 0 Å². The van der Waals surface area contributed by atoms with Crippen LogP contribution < -0.4 is 5.32 Å². The lowest BCUT2D eigenvalue weighted by molar-refractivity contribution is 0.186. The third kappa shape index (κ3) is 4.06. The van der Waals surface area contributed by atoms with E-state index in [0.717, 1.165) is 43.2 Å². The molecule has 1 N–H and O–H groups in total. The summed E-state index contributed by atoms with van der Waals surface area (Å²) in [6.07, 6.45) is 9.81. The minimum Gasteiger partial charge on any atom is -0.464 e. The smallest absolute Gasteiger partial charge is 0.318 e. The largest absolute Gasteiger partial charge is 0.464 e. The zero-order valence-electron chi connectivity index (χ0n) is 14.7. The van der Waals surface area contributed by atoms with Crippen molar-refractivity contribution in [2.24, 2.45) is 5.92 Å². The molecule has 2 atom stereocenters. The van der Waals surface area contributed by atoms with Gasteiger partial charge in [-0.2, -0.15) is 0 Å². The molecule has 4 rings (SSSR count). The van der Waals surface area contributed by atoms with E-state index in [1.807, 2.05) is 21.7 Å². The molecular formula is C19H26N4O2. The minimum atomic E-state index is 0.0193. The molecule has 6 nitrogen and oxygen atoms in total. The molecule has 0 spiro atoms. The van der Waals surface area contributed by atoms with E-state index in [4.69, 9.17) is 4.42 Å². The van der Waals surface area contributed by atoms with Crippen LogP contribution in [0.3, 0.4) is 0 Å². The van der Waals surface area contributed by atoms with E-state index in [1.165, 1.54) is 6.42 Å². The molecule has 2 amide bonds. The summed E-state index contributed by atoms with van der Waals surface area (Å²) >= 11 is 0. The number of rotatable bonds is 8. The van der Waals surface area contributed by atoms with E-state index in [2.05, 4.69) is 23.3 Å².